The molecule has 0 fully saturated rings. The highest BCUT2D eigenvalue weighted by Crippen LogP contribution is 2.22. The van der Waals surface area contributed by atoms with Gasteiger partial charge in [0.1, 0.15) is 6.04 Å². The molecule has 2 rings (SSSR count). The molecule has 0 aliphatic rings. The largest absolute Gasteiger partial charge is 0.352 e. The van der Waals surface area contributed by atoms with Crippen LogP contribution in [0, 0.1) is 20.8 Å². The fourth-order valence-electron chi connectivity index (χ4n) is 3.98. The molecule has 0 aliphatic carbocycles. The number of benzene rings is 2. The van der Waals surface area contributed by atoms with E-state index >= 15 is 0 Å². The number of hydrogen-bond acceptors (Lipinski definition) is 4. The van der Waals surface area contributed by atoms with Gasteiger partial charge in [-0.3, -0.25) is 13.9 Å². The lowest BCUT2D eigenvalue weighted by Crippen LogP contribution is -2.49. The molecule has 0 unspecified atom stereocenters. The van der Waals surface area contributed by atoms with Crippen LogP contribution in [0.2, 0.25) is 0 Å². The van der Waals surface area contributed by atoms with Crippen LogP contribution in [-0.4, -0.2) is 50.0 Å². The van der Waals surface area contributed by atoms with Crippen LogP contribution in [0.5, 0.6) is 0 Å². The van der Waals surface area contributed by atoms with Crippen LogP contribution < -0.4 is 9.62 Å². The molecule has 7 nitrogen and oxygen atoms in total. The standard InChI is InChI=1S/C27H39N3O4S/c1-19(2)28-27(32)23(6)29(18-24-12-10-20(3)11-13-24)26(31)9-8-14-30(35(7,33)34)25-16-21(4)15-22(5)17-25/h10-13,15-17,19,23H,8-9,14,18H2,1-7H3,(H,28,32)/t23-/m0/s1. The third-order valence-electron chi connectivity index (χ3n) is 5.72. The van der Waals surface area contributed by atoms with Gasteiger partial charge in [0.05, 0.1) is 11.9 Å². The van der Waals surface area contributed by atoms with Crippen LogP contribution in [0.15, 0.2) is 42.5 Å². The first kappa shape index (κ1) is 28.4. The minimum absolute atomic E-state index is 0.0395. The summed E-state index contributed by atoms with van der Waals surface area (Å²) in [4.78, 5) is 27.6. The van der Waals surface area contributed by atoms with E-state index in [1.54, 1.807) is 11.8 Å². The van der Waals surface area contributed by atoms with Crippen molar-refractivity contribution in [3.05, 3.63) is 64.7 Å². The number of hydrogen-bond donors (Lipinski definition) is 1. The summed E-state index contributed by atoms with van der Waals surface area (Å²) in [6.07, 6.45) is 1.64. The third-order valence-corrected chi connectivity index (χ3v) is 6.91. The molecule has 0 spiro atoms. The molecule has 2 aromatic carbocycles. The fourth-order valence-corrected chi connectivity index (χ4v) is 4.93. The predicted octanol–water partition coefficient (Wildman–Crippen LogP) is 4.10. The van der Waals surface area contributed by atoms with E-state index < -0.39 is 16.1 Å². The Morgan fingerprint density at radius 2 is 1.49 bits per heavy atom. The summed E-state index contributed by atoms with van der Waals surface area (Å²) in [5.74, 6) is -0.403. The first-order chi connectivity index (χ1) is 16.3. The van der Waals surface area contributed by atoms with Gasteiger partial charge in [-0.1, -0.05) is 35.9 Å². The first-order valence-corrected chi connectivity index (χ1v) is 13.8. The lowest BCUT2D eigenvalue weighted by atomic mass is 10.1. The molecule has 0 saturated carbocycles. The summed E-state index contributed by atoms with van der Waals surface area (Å²) in [6, 6.07) is 12.8. The summed E-state index contributed by atoms with van der Waals surface area (Å²) >= 11 is 0. The zero-order valence-corrected chi connectivity index (χ0v) is 22.8. The van der Waals surface area contributed by atoms with Crippen molar-refractivity contribution in [2.75, 3.05) is 17.1 Å². The highest BCUT2D eigenvalue weighted by atomic mass is 32.2. The Labute approximate surface area is 210 Å². The second kappa shape index (κ2) is 12.2. The highest BCUT2D eigenvalue weighted by Gasteiger charge is 2.27. The highest BCUT2D eigenvalue weighted by molar-refractivity contribution is 7.92. The van der Waals surface area contributed by atoms with Gasteiger partial charge < -0.3 is 10.2 Å². The molecular weight excluding hydrogens is 462 g/mol. The van der Waals surface area contributed by atoms with Crippen molar-refractivity contribution >= 4 is 27.5 Å². The fraction of sp³-hybridized carbons (Fsp3) is 0.481. The van der Waals surface area contributed by atoms with Gasteiger partial charge in [-0.05, 0) is 76.8 Å². The van der Waals surface area contributed by atoms with Gasteiger partial charge >= 0.3 is 0 Å². The van der Waals surface area contributed by atoms with Crippen molar-refractivity contribution in [1.82, 2.24) is 10.2 Å². The van der Waals surface area contributed by atoms with E-state index in [9.17, 15) is 18.0 Å². The maximum absolute atomic E-state index is 13.3. The molecule has 0 heterocycles. The predicted molar refractivity (Wildman–Crippen MR) is 142 cm³/mol. The van der Waals surface area contributed by atoms with Crippen LogP contribution in [-0.2, 0) is 26.2 Å². The minimum Gasteiger partial charge on any atom is -0.352 e. The molecule has 0 aliphatic heterocycles. The first-order valence-electron chi connectivity index (χ1n) is 12.0. The number of nitrogens with one attached hydrogen (secondary N) is 1. The molecule has 2 amide bonds. The van der Waals surface area contributed by atoms with Gasteiger partial charge in [-0.2, -0.15) is 0 Å². The number of nitrogens with zero attached hydrogens (tertiary/aromatic N) is 2. The van der Waals surface area contributed by atoms with E-state index in [0.717, 1.165) is 22.3 Å². The molecule has 8 heteroatoms. The van der Waals surface area contributed by atoms with Crippen LogP contribution >= 0.6 is 0 Å². The quantitative estimate of drug-likeness (QED) is 0.502. The second-order valence-electron chi connectivity index (χ2n) is 9.63. The lowest BCUT2D eigenvalue weighted by molar-refractivity contribution is -0.140. The zero-order valence-electron chi connectivity index (χ0n) is 22.0. The molecule has 0 radical (unpaired) electrons. The van der Waals surface area contributed by atoms with E-state index in [4.69, 9.17) is 0 Å². The van der Waals surface area contributed by atoms with Crippen LogP contribution in [0.3, 0.4) is 0 Å². The number of rotatable bonds is 11. The summed E-state index contributed by atoms with van der Waals surface area (Å²) < 4.78 is 26.4. The number of carbonyl (C=O) groups is 2. The van der Waals surface area contributed by atoms with Crippen molar-refractivity contribution in [2.45, 2.75) is 73.0 Å². The van der Waals surface area contributed by atoms with Crippen molar-refractivity contribution in [3.63, 3.8) is 0 Å². The average molecular weight is 502 g/mol. The average Bonchev–Trinajstić information content (AvgIpc) is 2.73. The SMILES string of the molecule is Cc1ccc(CN(C(=O)CCCN(c2cc(C)cc(C)c2)S(C)(=O)=O)[C@@H](C)C(=O)NC(C)C)cc1. The smallest absolute Gasteiger partial charge is 0.242 e. The summed E-state index contributed by atoms with van der Waals surface area (Å²) in [5.41, 5.74) is 4.59. The Kier molecular flexibility index (Phi) is 9.89. The van der Waals surface area contributed by atoms with E-state index in [-0.39, 0.29) is 30.8 Å². The summed E-state index contributed by atoms with van der Waals surface area (Å²) in [6.45, 7) is 11.8. The number of sulfonamides is 1. The molecule has 1 N–H and O–H groups in total. The van der Waals surface area contributed by atoms with Gasteiger partial charge in [0, 0.05) is 25.6 Å². The van der Waals surface area contributed by atoms with Crippen LogP contribution in [0.1, 0.15) is 55.9 Å². The van der Waals surface area contributed by atoms with Crippen molar-refractivity contribution in [1.29, 1.82) is 0 Å². The minimum atomic E-state index is -3.52. The molecule has 0 saturated heterocycles. The van der Waals surface area contributed by atoms with Gasteiger partial charge in [-0.15, -0.1) is 0 Å². The zero-order chi connectivity index (χ0) is 26.3. The van der Waals surface area contributed by atoms with E-state index in [0.29, 0.717) is 18.7 Å². The molecule has 35 heavy (non-hydrogen) atoms. The van der Waals surface area contributed by atoms with Gasteiger partial charge in [0.2, 0.25) is 21.8 Å². The number of carbonyl (C=O) groups excluding carboxylic acids is 2. The number of anilines is 1. The van der Waals surface area contributed by atoms with Crippen molar-refractivity contribution in [3.8, 4) is 0 Å². The van der Waals surface area contributed by atoms with Crippen molar-refractivity contribution < 1.29 is 18.0 Å². The maximum Gasteiger partial charge on any atom is 0.242 e. The molecular formula is C27H39N3O4S. The Bertz CT molecular complexity index is 1110. The molecule has 1 atom stereocenters. The maximum atomic E-state index is 13.3. The van der Waals surface area contributed by atoms with Crippen LogP contribution in [0.4, 0.5) is 5.69 Å². The normalized spacial score (nSPS) is 12.3. The molecule has 0 aromatic heterocycles. The Morgan fingerprint density at radius 1 is 0.914 bits per heavy atom. The second-order valence-corrected chi connectivity index (χ2v) is 11.5. The van der Waals surface area contributed by atoms with Gasteiger partial charge in [-0.25, -0.2) is 8.42 Å². The monoisotopic (exact) mass is 501 g/mol. The lowest BCUT2D eigenvalue weighted by Gasteiger charge is -2.30. The van der Waals surface area contributed by atoms with E-state index in [2.05, 4.69) is 5.32 Å². The summed E-state index contributed by atoms with van der Waals surface area (Å²) in [7, 11) is -3.52. The Balaban J connectivity index is 2.19. The third kappa shape index (κ3) is 8.69. The van der Waals surface area contributed by atoms with E-state index in [1.807, 2.05) is 77.1 Å². The Morgan fingerprint density at radius 3 is 2.00 bits per heavy atom. The summed E-state index contributed by atoms with van der Waals surface area (Å²) in [5, 5.41) is 2.88. The van der Waals surface area contributed by atoms with Gasteiger partial charge in [0.25, 0.3) is 0 Å². The number of aryl methyl sites for hydroxylation is 3. The van der Waals surface area contributed by atoms with Crippen molar-refractivity contribution in [2.24, 2.45) is 0 Å². The topological polar surface area (TPSA) is 86.8 Å². The Hall–Kier alpha value is -2.87. The molecule has 2 aromatic rings. The van der Waals surface area contributed by atoms with Gasteiger partial charge in [0.15, 0.2) is 0 Å². The van der Waals surface area contributed by atoms with E-state index in [1.165, 1.54) is 10.6 Å². The molecule has 192 valence electrons. The molecule has 0 bridgehead atoms. The van der Waals surface area contributed by atoms with Crippen LogP contribution in [0.25, 0.3) is 0 Å². The number of amides is 2.